The molecule has 0 aromatic heterocycles. The summed E-state index contributed by atoms with van der Waals surface area (Å²) in [4.78, 5) is 24.6. The second-order valence-electron chi connectivity index (χ2n) is 4.64. The number of nitrogens with zero attached hydrogens (tertiary/aromatic N) is 1. The highest BCUT2D eigenvalue weighted by molar-refractivity contribution is 5.82. The predicted molar refractivity (Wildman–Crippen MR) is 72.2 cm³/mol. The Bertz CT molecular complexity index is 293. The smallest absolute Gasteiger partial charge is 0.326 e. The van der Waals surface area contributed by atoms with E-state index in [1.54, 1.807) is 6.92 Å². The summed E-state index contributed by atoms with van der Waals surface area (Å²) in [7, 11) is 0. The van der Waals surface area contributed by atoms with E-state index in [9.17, 15) is 9.59 Å². The van der Waals surface area contributed by atoms with Crippen LogP contribution in [0.15, 0.2) is 0 Å². The second kappa shape index (κ2) is 8.71. The third kappa shape index (κ3) is 6.40. The summed E-state index contributed by atoms with van der Waals surface area (Å²) in [6, 6.07) is -1.22. The van der Waals surface area contributed by atoms with Gasteiger partial charge in [-0.05, 0) is 19.4 Å². The Morgan fingerprint density at radius 1 is 1.37 bits per heavy atom. The number of piperazine rings is 1. The highest BCUT2D eigenvalue weighted by Gasteiger charge is 2.17. The van der Waals surface area contributed by atoms with Gasteiger partial charge in [-0.15, -0.1) is 0 Å². The molecule has 1 fully saturated rings. The average molecular weight is 272 g/mol. The van der Waals surface area contributed by atoms with Crippen LogP contribution in [0.25, 0.3) is 0 Å². The fraction of sp³-hybridized carbons (Fsp3) is 0.833. The molecular weight excluding hydrogens is 248 g/mol. The molecule has 4 N–H and O–H groups in total. The van der Waals surface area contributed by atoms with Crippen LogP contribution in [0, 0.1) is 0 Å². The van der Waals surface area contributed by atoms with Crippen molar-refractivity contribution in [1.82, 2.24) is 20.9 Å². The number of hydrogen-bond donors (Lipinski definition) is 4. The van der Waals surface area contributed by atoms with Gasteiger partial charge < -0.3 is 26.0 Å². The molecule has 0 aliphatic carbocycles. The Kier molecular flexibility index (Phi) is 7.20. The van der Waals surface area contributed by atoms with E-state index in [0.29, 0.717) is 13.0 Å². The van der Waals surface area contributed by atoms with Crippen molar-refractivity contribution < 1.29 is 14.7 Å². The van der Waals surface area contributed by atoms with Gasteiger partial charge >= 0.3 is 12.0 Å². The van der Waals surface area contributed by atoms with E-state index in [2.05, 4.69) is 20.9 Å². The monoisotopic (exact) mass is 272 g/mol. The van der Waals surface area contributed by atoms with Gasteiger partial charge in [0.05, 0.1) is 0 Å². The lowest BCUT2D eigenvalue weighted by molar-refractivity contribution is -0.139. The number of urea groups is 1. The summed E-state index contributed by atoms with van der Waals surface area (Å²) in [5, 5.41) is 17.2. The lowest BCUT2D eigenvalue weighted by Gasteiger charge is -2.27. The fourth-order valence-corrected chi connectivity index (χ4v) is 1.99. The van der Waals surface area contributed by atoms with Gasteiger partial charge in [-0.2, -0.15) is 0 Å². The van der Waals surface area contributed by atoms with E-state index in [-0.39, 0.29) is 0 Å². The van der Waals surface area contributed by atoms with Gasteiger partial charge in [-0.25, -0.2) is 9.59 Å². The minimum Gasteiger partial charge on any atom is -0.480 e. The molecule has 19 heavy (non-hydrogen) atoms. The predicted octanol–water partition coefficient (Wildman–Crippen LogP) is -0.556. The maximum absolute atomic E-state index is 11.5. The van der Waals surface area contributed by atoms with E-state index in [0.717, 1.165) is 39.1 Å². The average Bonchev–Trinajstić information content (AvgIpc) is 2.42. The zero-order chi connectivity index (χ0) is 14.1. The van der Waals surface area contributed by atoms with Crippen molar-refractivity contribution >= 4 is 12.0 Å². The Balaban J connectivity index is 2.07. The Hall–Kier alpha value is -1.34. The van der Waals surface area contributed by atoms with E-state index >= 15 is 0 Å². The standard InChI is InChI=1S/C12H24N4O3/c1-2-10(11(17)18)15-12(19)14-4-3-7-16-8-5-13-6-9-16/h10,13H,2-9H2,1H3,(H,17,18)(H2,14,15,19). The van der Waals surface area contributed by atoms with Gasteiger partial charge in [-0.3, -0.25) is 0 Å². The molecule has 1 saturated heterocycles. The van der Waals surface area contributed by atoms with Crippen molar-refractivity contribution in [3.8, 4) is 0 Å². The molecule has 1 aliphatic heterocycles. The summed E-state index contributed by atoms with van der Waals surface area (Å²) in [6.07, 6.45) is 1.25. The Morgan fingerprint density at radius 2 is 2.05 bits per heavy atom. The molecule has 0 saturated carbocycles. The number of carbonyl (C=O) groups is 2. The third-order valence-electron chi connectivity index (χ3n) is 3.16. The van der Waals surface area contributed by atoms with Crippen LogP contribution in [-0.4, -0.2) is 67.3 Å². The first-order valence-electron chi connectivity index (χ1n) is 6.83. The molecule has 7 nitrogen and oxygen atoms in total. The molecule has 1 unspecified atom stereocenters. The minimum absolute atomic E-state index is 0.379. The highest BCUT2D eigenvalue weighted by atomic mass is 16.4. The maximum atomic E-state index is 11.5. The van der Waals surface area contributed by atoms with Crippen LogP contribution >= 0.6 is 0 Å². The molecule has 0 aromatic carbocycles. The lowest BCUT2D eigenvalue weighted by Crippen LogP contribution is -2.47. The lowest BCUT2D eigenvalue weighted by atomic mass is 10.2. The van der Waals surface area contributed by atoms with E-state index in [4.69, 9.17) is 5.11 Å². The molecule has 1 aliphatic rings. The van der Waals surface area contributed by atoms with Crippen molar-refractivity contribution in [2.24, 2.45) is 0 Å². The zero-order valence-electron chi connectivity index (χ0n) is 11.4. The van der Waals surface area contributed by atoms with Crippen LogP contribution in [0.2, 0.25) is 0 Å². The Labute approximate surface area is 113 Å². The second-order valence-corrected chi connectivity index (χ2v) is 4.64. The number of rotatable bonds is 7. The largest absolute Gasteiger partial charge is 0.480 e. The molecule has 2 amide bonds. The van der Waals surface area contributed by atoms with Crippen LogP contribution < -0.4 is 16.0 Å². The van der Waals surface area contributed by atoms with Gasteiger partial charge in [0.2, 0.25) is 0 Å². The van der Waals surface area contributed by atoms with Crippen molar-refractivity contribution in [3.63, 3.8) is 0 Å². The van der Waals surface area contributed by atoms with Crippen LogP contribution in [0.3, 0.4) is 0 Å². The first kappa shape index (κ1) is 15.7. The minimum atomic E-state index is -1.00. The highest BCUT2D eigenvalue weighted by Crippen LogP contribution is 1.94. The Morgan fingerprint density at radius 3 is 2.63 bits per heavy atom. The number of carboxylic acid groups (broad SMARTS) is 1. The fourth-order valence-electron chi connectivity index (χ4n) is 1.99. The van der Waals surface area contributed by atoms with Crippen LogP contribution in [0.1, 0.15) is 19.8 Å². The quantitative estimate of drug-likeness (QED) is 0.466. The molecular formula is C12H24N4O3. The molecule has 1 heterocycles. The molecule has 0 aromatic rings. The summed E-state index contributed by atoms with van der Waals surface area (Å²) < 4.78 is 0. The number of amides is 2. The van der Waals surface area contributed by atoms with Gasteiger partial charge in [0, 0.05) is 32.7 Å². The topological polar surface area (TPSA) is 93.7 Å². The molecule has 0 bridgehead atoms. The maximum Gasteiger partial charge on any atom is 0.326 e. The molecule has 110 valence electrons. The summed E-state index contributed by atoms with van der Waals surface area (Å²) in [5.74, 6) is -1.00. The summed E-state index contributed by atoms with van der Waals surface area (Å²) in [6.45, 7) is 7.37. The van der Waals surface area contributed by atoms with E-state index in [1.807, 2.05) is 0 Å². The SMILES string of the molecule is CCC(NC(=O)NCCCN1CCNCC1)C(=O)O. The van der Waals surface area contributed by atoms with Crippen LogP contribution in [0.4, 0.5) is 4.79 Å². The van der Waals surface area contributed by atoms with Crippen LogP contribution in [0.5, 0.6) is 0 Å². The first-order chi connectivity index (χ1) is 9.13. The van der Waals surface area contributed by atoms with Crippen LogP contribution in [-0.2, 0) is 4.79 Å². The number of carboxylic acids is 1. The zero-order valence-corrected chi connectivity index (χ0v) is 11.4. The van der Waals surface area contributed by atoms with Crippen molar-refractivity contribution in [2.75, 3.05) is 39.3 Å². The number of aliphatic carboxylic acids is 1. The van der Waals surface area contributed by atoms with Gasteiger partial charge in [0.25, 0.3) is 0 Å². The summed E-state index contributed by atoms with van der Waals surface area (Å²) in [5.41, 5.74) is 0. The number of hydrogen-bond acceptors (Lipinski definition) is 4. The van der Waals surface area contributed by atoms with E-state index in [1.165, 1.54) is 0 Å². The normalized spacial score (nSPS) is 17.7. The number of carbonyl (C=O) groups excluding carboxylic acids is 1. The van der Waals surface area contributed by atoms with E-state index < -0.39 is 18.0 Å². The summed E-state index contributed by atoms with van der Waals surface area (Å²) >= 11 is 0. The molecule has 0 radical (unpaired) electrons. The number of nitrogens with one attached hydrogen (secondary N) is 3. The molecule has 7 heteroatoms. The molecule has 1 atom stereocenters. The van der Waals surface area contributed by atoms with Crippen molar-refractivity contribution in [3.05, 3.63) is 0 Å². The van der Waals surface area contributed by atoms with Gasteiger partial charge in [0.15, 0.2) is 0 Å². The van der Waals surface area contributed by atoms with Crippen molar-refractivity contribution in [1.29, 1.82) is 0 Å². The van der Waals surface area contributed by atoms with Gasteiger partial charge in [-0.1, -0.05) is 6.92 Å². The first-order valence-corrected chi connectivity index (χ1v) is 6.83. The third-order valence-corrected chi connectivity index (χ3v) is 3.16. The molecule has 1 rings (SSSR count). The van der Waals surface area contributed by atoms with Crippen molar-refractivity contribution in [2.45, 2.75) is 25.8 Å². The molecule has 0 spiro atoms. The van der Waals surface area contributed by atoms with Gasteiger partial charge in [0.1, 0.15) is 6.04 Å².